The zero-order valence-electron chi connectivity index (χ0n) is 18.3. The van der Waals surface area contributed by atoms with Gasteiger partial charge in [-0.25, -0.2) is 9.78 Å². The molecule has 0 bridgehead atoms. The summed E-state index contributed by atoms with van der Waals surface area (Å²) in [6, 6.07) is 14.0. The number of carbonyl (C=O) groups excluding carboxylic acids is 2. The first kappa shape index (κ1) is 23.5. The van der Waals surface area contributed by atoms with Crippen LogP contribution in [0.3, 0.4) is 0 Å². The lowest BCUT2D eigenvalue weighted by atomic mass is 10.0. The van der Waals surface area contributed by atoms with Gasteiger partial charge >= 0.3 is 5.97 Å². The fraction of sp³-hybridized carbons (Fsp3) is 0.200. The van der Waals surface area contributed by atoms with Crippen molar-refractivity contribution in [2.75, 3.05) is 5.32 Å². The number of ether oxygens (including phenoxy) is 1. The van der Waals surface area contributed by atoms with Crippen molar-refractivity contribution in [1.29, 1.82) is 0 Å². The second-order valence-electron chi connectivity index (χ2n) is 7.39. The topological polar surface area (TPSA) is 126 Å². The molecule has 1 heterocycles. The van der Waals surface area contributed by atoms with Crippen LogP contribution in [0.5, 0.6) is 11.5 Å². The first-order valence-corrected chi connectivity index (χ1v) is 10.4. The van der Waals surface area contributed by atoms with Crippen LogP contribution in [0.25, 0.3) is 0 Å². The Morgan fingerprint density at radius 2 is 1.82 bits per heavy atom. The fourth-order valence-corrected chi connectivity index (χ4v) is 3.29. The lowest BCUT2D eigenvalue weighted by molar-refractivity contribution is 0.0696. The standard InChI is InChI=1S/C25H24N2O6/c1-3-6-20-22(12-11-19(15(2)28)23(20)29)33-14-18-9-5-10-21(26-18)24(30)27-17-8-4-7-16(13-17)25(31)32/h4-5,7-13,29H,3,6,14H2,1-2H3,(H,27,30)(H,31,32). The normalized spacial score (nSPS) is 10.5. The molecule has 33 heavy (non-hydrogen) atoms. The maximum Gasteiger partial charge on any atom is 0.335 e. The van der Waals surface area contributed by atoms with Crippen LogP contribution in [0.4, 0.5) is 5.69 Å². The number of rotatable bonds is 9. The van der Waals surface area contributed by atoms with Crippen LogP contribution in [-0.4, -0.2) is 32.9 Å². The van der Waals surface area contributed by atoms with E-state index in [9.17, 15) is 19.5 Å². The molecular weight excluding hydrogens is 424 g/mol. The highest BCUT2D eigenvalue weighted by Crippen LogP contribution is 2.33. The maximum absolute atomic E-state index is 12.6. The van der Waals surface area contributed by atoms with Crippen molar-refractivity contribution in [3.63, 3.8) is 0 Å². The Balaban J connectivity index is 1.75. The molecule has 2 aromatic carbocycles. The molecule has 3 N–H and O–H groups in total. The Morgan fingerprint density at radius 1 is 1.06 bits per heavy atom. The van der Waals surface area contributed by atoms with Crippen molar-refractivity contribution in [2.45, 2.75) is 33.3 Å². The van der Waals surface area contributed by atoms with E-state index in [0.717, 1.165) is 6.42 Å². The molecule has 0 fully saturated rings. The second kappa shape index (κ2) is 10.4. The first-order chi connectivity index (χ1) is 15.8. The molecule has 0 atom stereocenters. The van der Waals surface area contributed by atoms with Crippen molar-refractivity contribution in [3.05, 3.63) is 82.7 Å². The largest absolute Gasteiger partial charge is 0.507 e. The van der Waals surface area contributed by atoms with Crippen LogP contribution in [0, 0.1) is 0 Å². The Hall–Kier alpha value is -4.20. The number of ketones is 1. The third-order valence-electron chi connectivity index (χ3n) is 4.90. The number of phenols is 1. The van der Waals surface area contributed by atoms with Gasteiger partial charge in [-0.3, -0.25) is 9.59 Å². The number of benzene rings is 2. The summed E-state index contributed by atoms with van der Waals surface area (Å²) in [6.45, 7) is 3.40. The van der Waals surface area contributed by atoms with Gasteiger partial charge in [-0.1, -0.05) is 25.5 Å². The number of nitrogens with zero attached hydrogens (tertiary/aromatic N) is 1. The molecule has 0 aliphatic heterocycles. The molecule has 0 unspecified atom stereocenters. The highest BCUT2D eigenvalue weighted by Gasteiger charge is 2.16. The summed E-state index contributed by atoms with van der Waals surface area (Å²) in [7, 11) is 0. The van der Waals surface area contributed by atoms with Crippen LogP contribution in [0.1, 0.15) is 62.7 Å². The number of Topliss-reactive ketones (excluding diaryl/α,β-unsaturated/α-hetero) is 1. The molecule has 170 valence electrons. The lowest BCUT2D eigenvalue weighted by Gasteiger charge is -2.14. The fourth-order valence-electron chi connectivity index (χ4n) is 3.29. The minimum Gasteiger partial charge on any atom is -0.507 e. The van der Waals surface area contributed by atoms with Gasteiger partial charge in [0.15, 0.2) is 5.78 Å². The molecule has 0 spiro atoms. The van der Waals surface area contributed by atoms with E-state index in [-0.39, 0.29) is 35.0 Å². The maximum atomic E-state index is 12.6. The van der Waals surface area contributed by atoms with Crippen LogP contribution in [0.15, 0.2) is 54.6 Å². The number of carboxylic acids is 1. The summed E-state index contributed by atoms with van der Waals surface area (Å²) in [4.78, 5) is 39.7. The number of aromatic carboxylic acids is 1. The summed E-state index contributed by atoms with van der Waals surface area (Å²) in [6.07, 6.45) is 1.29. The molecule has 0 radical (unpaired) electrons. The number of carbonyl (C=O) groups is 3. The summed E-state index contributed by atoms with van der Waals surface area (Å²) in [5.41, 5.74) is 1.82. The molecule has 8 nitrogen and oxygen atoms in total. The Morgan fingerprint density at radius 3 is 2.52 bits per heavy atom. The van der Waals surface area contributed by atoms with Crippen LogP contribution >= 0.6 is 0 Å². The van der Waals surface area contributed by atoms with Crippen molar-refractivity contribution < 1.29 is 29.3 Å². The van der Waals surface area contributed by atoms with E-state index in [1.807, 2.05) is 6.92 Å². The van der Waals surface area contributed by atoms with Crippen molar-refractivity contribution >= 4 is 23.3 Å². The summed E-state index contributed by atoms with van der Waals surface area (Å²) in [5.74, 6) is -1.44. The van der Waals surface area contributed by atoms with Gasteiger partial charge in [-0.05, 0) is 55.8 Å². The van der Waals surface area contributed by atoms with Gasteiger partial charge in [0.25, 0.3) is 5.91 Å². The number of phenolic OH excluding ortho intramolecular Hbond substituents is 1. The zero-order valence-corrected chi connectivity index (χ0v) is 18.3. The lowest BCUT2D eigenvalue weighted by Crippen LogP contribution is -2.15. The van der Waals surface area contributed by atoms with Gasteiger partial charge in [0.2, 0.25) is 0 Å². The van der Waals surface area contributed by atoms with E-state index in [1.165, 1.54) is 37.3 Å². The highest BCUT2D eigenvalue weighted by atomic mass is 16.5. The van der Waals surface area contributed by atoms with Crippen LogP contribution < -0.4 is 10.1 Å². The van der Waals surface area contributed by atoms with E-state index in [0.29, 0.717) is 29.1 Å². The summed E-state index contributed by atoms with van der Waals surface area (Å²) >= 11 is 0. The molecule has 0 aliphatic rings. The first-order valence-electron chi connectivity index (χ1n) is 10.4. The quantitative estimate of drug-likeness (QED) is 0.412. The van der Waals surface area contributed by atoms with Crippen molar-refractivity contribution in [1.82, 2.24) is 4.98 Å². The number of carboxylic acid groups (broad SMARTS) is 1. The predicted molar refractivity (Wildman–Crippen MR) is 122 cm³/mol. The van der Waals surface area contributed by atoms with Gasteiger partial charge in [0, 0.05) is 11.3 Å². The van der Waals surface area contributed by atoms with E-state index >= 15 is 0 Å². The number of anilines is 1. The molecule has 3 aromatic rings. The number of nitrogens with one attached hydrogen (secondary N) is 1. The average molecular weight is 448 g/mol. The Labute approximate surface area is 190 Å². The third-order valence-corrected chi connectivity index (χ3v) is 4.90. The average Bonchev–Trinajstić information content (AvgIpc) is 2.79. The van der Waals surface area contributed by atoms with Crippen molar-refractivity contribution in [2.24, 2.45) is 0 Å². The van der Waals surface area contributed by atoms with Crippen LogP contribution in [0.2, 0.25) is 0 Å². The van der Waals surface area contributed by atoms with E-state index in [2.05, 4.69) is 10.3 Å². The zero-order chi connectivity index (χ0) is 24.0. The minimum atomic E-state index is -1.09. The van der Waals surface area contributed by atoms with E-state index < -0.39 is 11.9 Å². The molecule has 1 amide bonds. The monoisotopic (exact) mass is 448 g/mol. The molecular formula is C25H24N2O6. The number of amides is 1. The minimum absolute atomic E-state index is 0.0468. The summed E-state index contributed by atoms with van der Waals surface area (Å²) in [5, 5.41) is 22.2. The van der Waals surface area contributed by atoms with Gasteiger partial charge in [0.1, 0.15) is 23.8 Å². The van der Waals surface area contributed by atoms with E-state index in [4.69, 9.17) is 9.84 Å². The summed E-state index contributed by atoms with van der Waals surface area (Å²) < 4.78 is 5.86. The van der Waals surface area contributed by atoms with Crippen molar-refractivity contribution in [3.8, 4) is 11.5 Å². The molecule has 3 rings (SSSR count). The third kappa shape index (κ3) is 5.74. The molecule has 0 saturated heterocycles. The smallest absolute Gasteiger partial charge is 0.335 e. The highest BCUT2D eigenvalue weighted by molar-refractivity contribution is 6.03. The number of aromatic hydroxyl groups is 1. The Kier molecular flexibility index (Phi) is 7.40. The number of pyridine rings is 1. The number of aromatic nitrogens is 1. The van der Waals surface area contributed by atoms with Gasteiger partial charge in [-0.2, -0.15) is 0 Å². The molecule has 1 aromatic heterocycles. The number of hydrogen-bond donors (Lipinski definition) is 3. The van der Waals surface area contributed by atoms with Gasteiger partial charge < -0.3 is 20.3 Å². The second-order valence-corrected chi connectivity index (χ2v) is 7.39. The molecule has 0 aliphatic carbocycles. The van der Waals surface area contributed by atoms with Gasteiger partial charge in [-0.15, -0.1) is 0 Å². The van der Waals surface area contributed by atoms with Crippen LogP contribution in [-0.2, 0) is 13.0 Å². The SMILES string of the molecule is CCCc1c(OCc2cccc(C(=O)Nc3cccc(C(=O)O)c3)n2)ccc(C(C)=O)c1O. The molecule has 8 heteroatoms. The van der Waals surface area contributed by atoms with E-state index in [1.54, 1.807) is 24.3 Å². The molecule has 0 saturated carbocycles. The number of hydrogen-bond acceptors (Lipinski definition) is 6. The van der Waals surface area contributed by atoms with Gasteiger partial charge in [0.05, 0.1) is 16.8 Å². The Bertz CT molecular complexity index is 1210. The predicted octanol–water partition coefficient (Wildman–Crippen LogP) is 4.47.